The molecule has 0 bridgehead atoms. The summed E-state index contributed by atoms with van der Waals surface area (Å²) in [5.41, 5.74) is 2.82. The van der Waals surface area contributed by atoms with E-state index in [1.165, 1.54) is 13.8 Å². The van der Waals surface area contributed by atoms with Crippen molar-refractivity contribution < 1.29 is 14.3 Å². The van der Waals surface area contributed by atoms with Gasteiger partial charge in [-0.25, -0.2) is 4.98 Å². The Morgan fingerprint density at radius 1 is 1.19 bits per heavy atom. The van der Waals surface area contributed by atoms with Crippen LogP contribution >= 0.6 is 0 Å². The monoisotopic (exact) mass is 364 g/mol. The van der Waals surface area contributed by atoms with Crippen molar-refractivity contribution in [2.24, 2.45) is 0 Å². The third-order valence-corrected chi connectivity index (χ3v) is 4.88. The number of fused-ring (bicyclic) bond motifs is 3. The predicted molar refractivity (Wildman–Crippen MR) is 102 cm³/mol. The summed E-state index contributed by atoms with van der Waals surface area (Å²) in [6.07, 6.45) is 0. The molecule has 7 nitrogen and oxygen atoms in total. The van der Waals surface area contributed by atoms with Crippen LogP contribution in [-0.4, -0.2) is 53.5 Å². The molecule has 0 spiro atoms. The number of H-pyrrole nitrogens is 1. The molecular formula is C20H20N4O3. The number of imidazole rings is 1. The smallest absolute Gasteiger partial charge is 0.204 e. The summed E-state index contributed by atoms with van der Waals surface area (Å²) in [5, 5.41) is 8.04. The molecule has 0 unspecified atom stereocenters. The van der Waals surface area contributed by atoms with Gasteiger partial charge in [0.15, 0.2) is 11.6 Å². The zero-order chi connectivity index (χ0) is 19.1. The second kappa shape index (κ2) is 6.59. The first-order valence-corrected chi connectivity index (χ1v) is 8.87. The maximum Gasteiger partial charge on any atom is 0.204 e. The molecule has 2 aliphatic rings. The largest absolute Gasteiger partial charge is 0.378 e. The first-order valence-electron chi connectivity index (χ1n) is 8.87. The van der Waals surface area contributed by atoms with Gasteiger partial charge in [-0.3, -0.25) is 9.59 Å². The van der Waals surface area contributed by atoms with Crippen molar-refractivity contribution in [1.29, 1.82) is 5.41 Å². The molecule has 2 N–H and O–H groups in total. The van der Waals surface area contributed by atoms with E-state index >= 15 is 0 Å². The molecule has 1 aliphatic carbocycles. The fourth-order valence-corrected chi connectivity index (χ4v) is 3.66. The third-order valence-electron chi connectivity index (χ3n) is 4.88. The van der Waals surface area contributed by atoms with Gasteiger partial charge in [-0.1, -0.05) is 24.3 Å². The lowest BCUT2D eigenvalue weighted by Gasteiger charge is -2.26. The Morgan fingerprint density at radius 3 is 2.48 bits per heavy atom. The number of carbonyl (C=O) groups is 2. The summed E-state index contributed by atoms with van der Waals surface area (Å²) in [5.74, 6) is 0.0848. The van der Waals surface area contributed by atoms with E-state index in [1.54, 1.807) is 12.1 Å². The van der Waals surface area contributed by atoms with Crippen LogP contribution < -0.4 is 4.90 Å². The molecule has 1 aromatic heterocycles. The lowest BCUT2D eigenvalue weighted by Crippen LogP contribution is -2.36. The Bertz CT molecular complexity index is 980. The van der Waals surface area contributed by atoms with E-state index in [0.29, 0.717) is 49.2 Å². The average molecular weight is 364 g/mol. The number of allylic oxidation sites excluding steroid dienone is 2. The van der Waals surface area contributed by atoms with Gasteiger partial charge in [-0.15, -0.1) is 0 Å². The maximum atomic E-state index is 13.2. The molecule has 138 valence electrons. The fourth-order valence-electron chi connectivity index (χ4n) is 3.66. The number of ketones is 2. The highest BCUT2D eigenvalue weighted by Crippen LogP contribution is 2.40. The molecule has 1 fully saturated rings. The number of hydrogen-bond acceptors (Lipinski definition) is 6. The standard InChI is InChI=1S/C20H20N4O3/c1-11(21)15(12(2)25)16-18-17(13-5-3-4-6-14(13)19(16)26)22-20(23-18)24-7-9-27-10-8-24/h3-6,21H,7-10H2,1-2H3,(H,22,23). The predicted octanol–water partition coefficient (Wildman–Crippen LogP) is 2.49. The van der Waals surface area contributed by atoms with Gasteiger partial charge >= 0.3 is 0 Å². The number of rotatable bonds is 3. The van der Waals surface area contributed by atoms with Gasteiger partial charge in [0.2, 0.25) is 5.95 Å². The first kappa shape index (κ1) is 17.4. The Balaban J connectivity index is 1.98. The highest BCUT2D eigenvalue weighted by atomic mass is 16.5. The minimum Gasteiger partial charge on any atom is -0.378 e. The van der Waals surface area contributed by atoms with E-state index in [-0.39, 0.29) is 28.4 Å². The highest BCUT2D eigenvalue weighted by molar-refractivity contribution is 6.42. The van der Waals surface area contributed by atoms with E-state index in [0.717, 1.165) is 5.56 Å². The number of carbonyl (C=O) groups excluding carboxylic acids is 2. The van der Waals surface area contributed by atoms with Gasteiger partial charge in [0.05, 0.1) is 35.7 Å². The SMILES string of the molecule is CC(=N)C(C(C)=O)=C1C(=O)c2ccccc2-c2nc(N3CCOCC3)[nH]c21. The molecule has 0 radical (unpaired) electrons. The van der Waals surface area contributed by atoms with Crippen LogP contribution in [0.5, 0.6) is 0 Å². The van der Waals surface area contributed by atoms with Crippen LogP contribution in [0.4, 0.5) is 5.95 Å². The number of nitrogens with zero attached hydrogens (tertiary/aromatic N) is 2. The van der Waals surface area contributed by atoms with Crippen LogP contribution in [0.25, 0.3) is 16.8 Å². The van der Waals surface area contributed by atoms with Crippen molar-refractivity contribution in [3.05, 3.63) is 41.1 Å². The van der Waals surface area contributed by atoms with Crippen molar-refractivity contribution >= 4 is 28.8 Å². The lowest BCUT2D eigenvalue weighted by atomic mass is 9.83. The molecule has 2 heterocycles. The Kier molecular flexibility index (Phi) is 4.24. The summed E-state index contributed by atoms with van der Waals surface area (Å²) in [6, 6.07) is 7.25. The Morgan fingerprint density at radius 2 is 1.85 bits per heavy atom. The summed E-state index contributed by atoms with van der Waals surface area (Å²) in [7, 11) is 0. The summed E-state index contributed by atoms with van der Waals surface area (Å²) >= 11 is 0. The molecule has 0 amide bonds. The van der Waals surface area contributed by atoms with Gasteiger partial charge < -0.3 is 20.0 Å². The molecule has 0 saturated carbocycles. The van der Waals surface area contributed by atoms with Crippen LogP contribution in [0, 0.1) is 5.41 Å². The van der Waals surface area contributed by atoms with Crippen LogP contribution in [0.1, 0.15) is 29.9 Å². The van der Waals surface area contributed by atoms with Crippen LogP contribution in [0.2, 0.25) is 0 Å². The van der Waals surface area contributed by atoms with Crippen LogP contribution in [0.3, 0.4) is 0 Å². The summed E-state index contributed by atoms with van der Waals surface area (Å²) < 4.78 is 5.40. The molecule has 1 saturated heterocycles. The number of nitrogens with one attached hydrogen (secondary N) is 2. The van der Waals surface area contributed by atoms with E-state index < -0.39 is 0 Å². The summed E-state index contributed by atoms with van der Waals surface area (Å²) in [4.78, 5) is 35.5. The van der Waals surface area contributed by atoms with E-state index in [1.807, 2.05) is 12.1 Å². The minimum atomic E-state index is -0.307. The van der Waals surface area contributed by atoms with Gasteiger partial charge in [0.25, 0.3) is 0 Å². The van der Waals surface area contributed by atoms with Gasteiger partial charge in [0.1, 0.15) is 0 Å². The van der Waals surface area contributed by atoms with Crippen molar-refractivity contribution in [3.8, 4) is 11.3 Å². The molecule has 1 aliphatic heterocycles. The van der Waals surface area contributed by atoms with Crippen LogP contribution in [0.15, 0.2) is 29.8 Å². The molecule has 7 heteroatoms. The first-order chi connectivity index (χ1) is 13.0. The van der Waals surface area contributed by atoms with Crippen molar-refractivity contribution in [1.82, 2.24) is 9.97 Å². The number of benzene rings is 1. The zero-order valence-electron chi connectivity index (χ0n) is 15.3. The van der Waals surface area contributed by atoms with Gasteiger partial charge in [0, 0.05) is 29.9 Å². The number of aromatic nitrogens is 2. The van der Waals surface area contributed by atoms with Crippen molar-refractivity contribution in [2.45, 2.75) is 13.8 Å². The molecule has 4 rings (SSSR count). The Labute approximate surface area is 156 Å². The second-order valence-electron chi connectivity index (χ2n) is 6.69. The van der Waals surface area contributed by atoms with Crippen molar-refractivity contribution in [2.75, 3.05) is 31.2 Å². The second-order valence-corrected chi connectivity index (χ2v) is 6.69. The number of hydrogen-bond donors (Lipinski definition) is 2. The van der Waals surface area contributed by atoms with E-state index in [2.05, 4.69) is 9.88 Å². The topological polar surface area (TPSA) is 99.1 Å². The van der Waals surface area contributed by atoms with Gasteiger partial charge in [-0.2, -0.15) is 0 Å². The number of Topliss-reactive ketones (excluding diaryl/α,β-unsaturated/α-hetero) is 2. The summed E-state index contributed by atoms with van der Waals surface area (Å²) in [6.45, 7) is 5.53. The molecule has 1 aromatic carbocycles. The fraction of sp³-hybridized carbons (Fsp3) is 0.300. The zero-order valence-corrected chi connectivity index (χ0v) is 15.3. The van der Waals surface area contributed by atoms with Crippen molar-refractivity contribution in [3.63, 3.8) is 0 Å². The minimum absolute atomic E-state index is 0.0682. The molecule has 27 heavy (non-hydrogen) atoms. The normalized spacial score (nSPS) is 18.0. The Hall–Kier alpha value is -3.06. The molecule has 0 atom stereocenters. The number of morpholine rings is 1. The highest BCUT2D eigenvalue weighted by Gasteiger charge is 2.35. The lowest BCUT2D eigenvalue weighted by molar-refractivity contribution is -0.113. The number of aromatic amines is 1. The van der Waals surface area contributed by atoms with E-state index in [9.17, 15) is 9.59 Å². The third kappa shape index (κ3) is 2.80. The quantitative estimate of drug-likeness (QED) is 0.644. The maximum absolute atomic E-state index is 13.2. The number of anilines is 1. The molecule has 2 aromatic rings. The number of ether oxygens (including phenoxy) is 1. The average Bonchev–Trinajstić information content (AvgIpc) is 3.10. The molecular weight excluding hydrogens is 344 g/mol. The van der Waals surface area contributed by atoms with E-state index in [4.69, 9.17) is 15.1 Å². The van der Waals surface area contributed by atoms with Gasteiger partial charge in [-0.05, 0) is 13.8 Å². The van der Waals surface area contributed by atoms with Crippen LogP contribution in [-0.2, 0) is 9.53 Å².